The highest BCUT2D eigenvalue weighted by molar-refractivity contribution is 9.10. The van der Waals surface area contributed by atoms with Crippen LogP contribution in [-0.2, 0) is 34.6 Å². The monoisotopic (exact) mass is 707 g/mol. The number of halogens is 1. The van der Waals surface area contributed by atoms with Gasteiger partial charge >= 0.3 is 0 Å². The number of pyridine rings is 1. The van der Waals surface area contributed by atoms with Crippen molar-refractivity contribution >= 4 is 35.8 Å². The van der Waals surface area contributed by atoms with Crippen LogP contribution in [0.5, 0.6) is 5.75 Å². The number of hydrogen-bond donors (Lipinski definition) is 2. The van der Waals surface area contributed by atoms with E-state index in [-0.39, 0.29) is 41.4 Å². The maximum absolute atomic E-state index is 14.7. The summed E-state index contributed by atoms with van der Waals surface area (Å²) >= 11 is 3.62. The number of amides is 1. The average molecular weight is 709 g/mol. The molecule has 2 aliphatic heterocycles. The lowest BCUT2D eigenvalue weighted by molar-refractivity contribution is -0.146. The summed E-state index contributed by atoms with van der Waals surface area (Å²) in [7, 11) is -1.35. The molecule has 1 saturated heterocycles. The second-order valence-corrected chi connectivity index (χ2v) is 17.5. The van der Waals surface area contributed by atoms with Crippen LogP contribution >= 0.6 is 15.9 Å². The molecule has 0 bridgehead atoms. The summed E-state index contributed by atoms with van der Waals surface area (Å²) in [5.74, 6) is -0.192. The first-order chi connectivity index (χ1) is 22.0. The fraction of sp³-hybridized carbons (Fsp3) is 0.394. The number of ether oxygens (including phenoxy) is 2. The molecule has 4 heterocycles. The molecule has 4 aromatic rings. The van der Waals surface area contributed by atoms with Gasteiger partial charge in [-0.15, -0.1) is 5.10 Å². The first kappa shape index (κ1) is 32.3. The van der Waals surface area contributed by atoms with Crippen LogP contribution in [0.2, 0.25) is 18.6 Å². The molecule has 2 N–H and O–H groups in total. The van der Waals surface area contributed by atoms with Gasteiger partial charge in [-0.3, -0.25) is 18.8 Å². The summed E-state index contributed by atoms with van der Waals surface area (Å²) in [5.41, 5.74) is 2.10. The SMILES string of the molecule is COc1cccn(-c2ccc(CN3C(=O)[C@]4(O[C@H](CCn5cc(CCO)nn5)[C@@H]([Si](C)(C)O)[C@@H]4C)c4cc(Br)ccc43)cc2)c1=O. The van der Waals surface area contributed by atoms with E-state index in [0.29, 0.717) is 37.3 Å². The number of nitrogens with zero attached hydrogens (tertiary/aromatic N) is 5. The largest absolute Gasteiger partial charge is 0.491 e. The van der Waals surface area contributed by atoms with Gasteiger partial charge in [-0.1, -0.05) is 40.2 Å². The van der Waals surface area contributed by atoms with E-state index in [9.17, 15) is 19.5 Å². The molecule has 11 nitrogen and oxygen atoms in total. The van der Waals surface area contributed by atoms with Crippen LogP contribution in [0.3, 0.4) is 0 Å². The number of rotatable bonds is 10. The minimum absolute atomic E-state index is 0.00312. The van der Waals surface area contributed by atoms with Gasteiger partial charge in [0.05, 0.1) is 31.1 Å². The number of aliphatic hydroxyl groups excluding tert-OH is 1. The van der Waals surface area contributed by atoms with E-state index in [1.165, 1.54) is 11.7 Å². The minimum Gasteiger partial charge on any atom is -0.491 e. The number of aliphatic hydroxyl groups is 1. The molecule has 0 unspecified atom stereocenters. The zero-order valence-electron chi connectivity index (χ0n) is 26.3. The number of aromatic nitrogens is 4. The Morgan fingerprint density at radius 3 is 2.59 bits per heavy atom. The molecule has 1 fully saturated rings. The van der Waals surface area contributed by atoms with E-state index in [4.69, 9.17) is 9.47 Å². The molecule has 13 heteroatoms. The molecule has 4 atom stereocenters. The Morgan fingerprint density at radius 2 is 1.89 bits per heavy atom. The molecule has 0 radical (unpaired) electrons. The number of benzene rings is 2. The van der Waals surface area contributed by atoms with Gasteiger partial charge in [0.15, 0.2) is 19.7 Å². The smallest absolute Gasteiger partial charge is 0.297 e. The molecule has 0 saturated carbocycles. The molecule has 242 valence electrons. The average Bonchev–Trinajstić information content (AvgIpc) is 3.66. The Bertz CT molecular complexity index is 1810. The maximum atomic E-state index is 14.7. The number of fused-ring (bicyclic) bond motifs is 2. The van der Waals surface area contributed by atoms with Gasteiger partial charge in [0, 0.05) is 59.1 Å². The van der Waals surface area contributed by atoms with Crippen LogP contribution in [-0.4, -0.2) is 63.5 Å². The summed E-state index contributed by atoms with van der Waals surface area (Å²) in [4.78, 5) is 40.8. The lowest BCUT2D eigenvalue weighted by Crippen LogP contribution is -2.46. The van der Waals surface area contributed by atoms with Crippen molar-refractivity contribution in [3.05, 3.63) is 98.6 Å². The van der Waals surface area contributed by atoms with Crippen molar-refractivity contribution in [2.45, 2.75) is 63.2 Å². The van der Waals surface area contributed by atoms with Gasteiger partial charge in [0.25, 0.3) is 11.5 Å². The van der Waals surface area contributed by atoms with E-state index < -0.39 is 13.9 Å². The Balaban J connectivity index is 1.31. The van der Waals surface area contributed by atoms with Crippen molar-refractivity contribution in [1.82, 2.24) is 19.6 Å². The molecule has 6 rings (SSSR count). The standard InChI is InChI=1S/C33H38BrN5O6Si/c1-21-30(46(3,4)43)28(13-16-37-20-24(14-17-40)35-36-37)45-33(21)26-18-23(34)9-12-27(26)39(32(33)42)19-22-7-10-25(11-8-22)38-15-5-6-29(44-2)31(38)41/h5-12,15,18,20-21,28,30,40,43H,13-14,16-17,19H2,1-4H3/t21-,28+,30-,33+/m0/s1. The first-order valence-electron chi connectivity index (χ1n) is 15.3. The Morgan fingerprint density at radius 1 is 1.13 bits per heavy atom. The van der Waals surface area contributed by atoms with Crippen LogP contribution in [0.25, 0.3) is 5.69 Å². The highest BCUT2D eigenvalue weighted by Gasteiger charge is 2.66. The van der Waals surface area contributed by atoms with Crippen LogP contribution in [0.15, 0.2) is 76.3 Å². The second-order valence-electron chi connectivity index (χ2n) is 12.6. The number of anilines is 1. The van der Waals surface area contributed by atoms with E-state index in [2.05, 4.69) is 26.2 Å². The predicted octanol–water partition coefficient (Wildman–Crippen LogP) is 4.17. The molecule has 46 heavy (non-hydrogen) atoms. The van der Waals surface area contributed by atoms with E-state index in [0.717, 1.165) is 21.3 Å². The molecular weight excluding hydrogens is 670 g/mol. The normalized spacial score (nSPS) is 22.5. The predicted molar refractivity (Wildman–Crippen MR) is 179 cm³/mol. The minimum atomic E-state index is -2.82. The summed E-state index contributed by atoms with van der Waals surface area (Å²) in [6.07, 6.45) is 4.08. The van der Waals surface area contributed by atoms with Gasteiger partial charge in [-0.25, -0.2) is 0 Å². The quantitative estimate of drug-likeness (QED) is 0.235. The van der Waals surface area contributed by atoms with E-state index >= 15 is 0 Å². The summed E-state index contributed by atoms with van der Waals surface area (Å²) in [6.45, 7) is 6.65. The highest BCUT2D eigenvalue weighted by Crippen LogP contribution is 2.60. The summed E-state index contributed by atoms with van der Waals surface area (Å²) < 4.78 is 16.2. The van der Waals surface area contributed by atoms with Crippen LogP contribution in [0.4, 0.5) is 5.69 Å². The van der Waals surface area contributed by atoms with Crippen LogP contribution < -0.4 is 15.2 Å². The molecule has 0 aliphatic carbocycles. The van der Waals surface area contributed by atoms with Crippen molar-refractivity contribution in [2.75, 3.05) is 18.6 Å². The molecule has 2 aliphatic rings. The summed E-state index contributed by atoms with van der Waals surface area (Å²) in [5, 5.41) is 17.6. The van der Waals surface area contributed by atoms with Gasteiger partial charge < -0.3 is 24.3 Å². The number of aryl methyl sites for hydroxylation is 1. The summed E-state index contributed by atoms with van der Waals surface area (Å²) in [6, 6.07) is 16.7. The zero-order chi connectivity index (χ0) is 32.8. The first-order valence-corrected chi connectivity index (χ1v) is 19.2. The lowest BCUT2D eigenvalue weighted by atomic mass is 9.82. The maximum Gasteiger partial charge on any atom is 0.297 e. The molecule has 2 aromatic heterocycles. The van der Waals surface area contributed by atoms with E-state index in [1.807, 2.05) is 68.7 Å². The highest BCUT2D eigenvalue weighted by atomic mass is 79.9. The molecule has 2 aromatic carbocycles. The molecule has 1 spiro atoms. The molecular formula is C33H38BrN5O6Si. The fourth-order valence-electron chi connectivity index (χ4n) is 7.19. The zero-order valence-corrected chi connectivity index (χ0v) is 28.8. The van der Waals surface area contributed by atoms with Crippen molar-refractivity contribution in [3.8, 4) is 11.4 Å². The second kappa shape index (κ2) is 12.5. The van der Waals surface area contributed by atoms with E-state index in [1.54, 1.807) is 27.9 Å². The Hall–Kier alpha value is -3.62. The van der Waals surface area contributed by atoms with Gasteiger partial charge in [0.2, 0.25) is 0 Å². The van der Waals surface area contributed by atoms with Crippen molar-refractivity contribution < 1.29 is 24.2 Å². The van der Waals surface area contributed by atoms with Gasteiger partial charge in [-0.2, -0.15) is 0 Å². The third-order valence-electron chi connectivity index (χ3n) is 9.23. The molecule has 1 amide bonds. The third-order valence-corrected chi connectivity index (χ3v) is 12.2. The van der Waals surface area contributed by atoms with Crippen LogP contribution in [0.1, 0.15) is 30.2 Å². The lowest BCUT2D eigenvalue weighted by Gasteiger charge is -2.32. The van der Waals surface area contributed by atoms with Crippen LogP contribution in [0, 0.1) is 5.92 Å². The Labute approximate surface area is 276 Å². The van der Waals surface area contributed by atoms with Gasteiger partial charge in [0.1, 0.15) is 0 Å². The number of hydrogen-bond acceptors (Lipinski definition) is 8. The number of methoxy groups -OCH3 is 1. The van der Waals surface area contributed by atoms with Crippen molar-refractivity contribution in [1.29, 1.82) is 0 Å². The number of carbonyl (C=O) groups excluding carboxylic acids is 1. The van der Waals surface area contributed by atoms with Crippen molar-refractivity contribution in [3.63, 3.8) is 0 Å². The topological polar surface area (TPSA) is 132 Å². The van der Waals surface area contributed by atoms with Gasteiger partial charge in [-0.05, 0) is 67.5 Å². The van der Waals surface area contributed by atoms with Crippen molar-refractivity contribution in [2.24, 2.45) is 5.92 Å². The third kappa shape index (κ3) is 5.64. The fourth-order valence-corrected chi connectivity index (χ4v) is 10.2. The Kier molecular flexibility index (Phi) is 8.80. The number of carbonyl (C=O) groups is 1.